The van der Waals surface area contributed by atoms with Crippen LogP contribution in [0.2, 0.25) is 10.0 Å². The van der Waals surface area contributed by atoms with Crippen LogP contribution in [0.3, 0.4) is 0 Å². The quantitative estimate of drug-likeness (QED) is 0.508. The Morgan fingerprint density at radius 3 is 2.69 bits per heavy atom. The van der Waals surface area contributed by atoms with Gasteiger partial charge in [0, 0.05) is 41.7 Å². The molecule has 3 aliphatic rings. The number of anilines is 1. The number of piperazine rings is 1. The minimum absolute atomic E-state index is 0.0123. The molecule has 2 amide bonds. The minimum atomic E-state index is -0.984. The number of carbonyl (C=O) groups excluding carboxylic acids is 2. The Bertz CT molecular complexity index is 1320. The fraction of sp³-hybridized carbons (Fsp3) is 0.292. The van der Waals surface area contributed by atoms with E-state index in [0.717, 1.165) is 4.90 Å². The highest BCUT2D eigenvalue weighted by molar-refractivity contribution is 8.00. The number of rotatable bonds is 2. The van der Waals surface area contributed by atoms with Gasteiger partial charge in [0.05, 0.1) is 21.5 Å². The predicted octanol–water partition coefficient (Wildman–Crippen LogP) is 4.97. The largest absolute Gasteiger partial charge is 0.350 e. The number of carbonyl (C=O) groups is 2. The van der Waals surface area contributed by atoms with Crippen LogP contribution in [0.15, 0.2) is 46.6 Å². The zero-order valence-electron chi connectivity index (χ0n) is 18.7. The minimum Gasteiger partial charge on any atom is -0.350 e. The molecule has 5 rings (SSSR count). The molecule has 0 bridgehead atoms. The molecule has 3 aliphatic heterocycles. The molecule has 1 atom stereocenters. The second kappa shape index (κ2) is 9.11. The van der Waals surface area contributed by atoms with E-state index in [1.165, 1.54) is 28.8 Å². The van der Waals surface area contributed by atoms with Crippen LogP contribution in [0.4, 0.5) is 14.5 Å². The van der Waals surface area contributed by atoms with Crippen molar-refractivity contribution >= 4 is 58.3 Å². The van der Waals surface area contributed by atoms with Crippen LogP contribution in [0, 0.1) is 5.82 Å². The van der Waals surface area contributed by atoms with E-state index < -0.39 is 17.6 Å². The Labute approximate surface area is 215 Å². The van der Waals surface area contributed by atoms with Crippen molar-refractivity contribution < 1.29 is 18.4 Å². The van der Waals surface area contributed by atoms with E-state index >= 15 is 0 Å². The first-order valence-electron chi connectivity index (χ1n) is 10.9. The highest BCUT2D eigenvalue weighted by atomic mass is 35.5. The van der Waals surface area contributed by atoms with Gasteiger partial charge in [-0.1, -0.05) is 35.8 Å². The van der Waals surface area contributed by atoms with Crippen molar-refractivity contribution in [3.63, 3.8) is 0 Å². The Morgan fingerprint density at radius 2 is 2.00 bits per heavy atom. The Morgan fingerprint density at radius 1 is 1.23 bits per heavy atom. The normalized spacial score (nSPS) is 19.5. The number of nitrogens with zero attached hydrogens (tertiary/aromatic N) is 4. The molecule has 0 unspecified atom stereocenters. The molecule has 182 valence electrons. The highest BCUT2D eigenvalue weighted by Gasteiger charge is 2.38. The predicted molar refractivity (Wildman–Crippen MR) is 134 cm³/mol. The highest BCUT2D eigenvalue weighted by Crippen LogP contribution is 2.49. The fourth-order valence-electron chi connectivity index (χ4n) is 4.70. The average Bonchev–Trinajstić information content (AvgIpc) is 2.82. The van der Waals surface area contributed by atoms with Crippen molar-refractivity contribution in [3.8, 4) is 11.1 Å². The van der Waals surface area contributed by atoms with Crippen molar-refractivity contribution in [2.45, 2.75) is 17.9 Å². The van der Waals surface area contributed by atoms with Gasteiger partial charge in [0.1, 0.15) is 18.3 Å². The van der Waals surface area contributed by atoms with Crippen LogP contribution in [0.25, 0.3) is 11.1 Å². The fourth-order valence-corrected chi connectivity index (χ4v) is 6.34. The first-order chi connectivity index (χ1) is 16.7. The van der Waals surface area contributed by atoms with Crippen molar-refractivity contribution in [3.05, 3.63) is 58.1 Å². The van der Waals surface area contributed by atoms with Crippen LogP contribution in [0.5, 0.6) is 0 Å². The molecule has 2 aromatic rings. The van der Waals surface area contributed by atoms with Crippen LogP contribution in [-0.2, 0) is 9.59 Å². The van der Waals surface area contributed by atoms with E-state index in [4.69, 9.17) is 28.2 Å². The molecular formula is C24H20Cl2F2N4O2S. The van der Waals surface area contributed by atoms with Crippen molar-refractivity contribution in [2.24, 2.45) is 4.99 Å². The lowest BCUT2D eigenvalue weighted by Gasteiger charge is -2.44. The molecule has 1 saturated heterocycles. The van der Waals surface area contributed by atoms with Crippen LogP contribution < -0.4 is 4.90 Å². The lowest BCUT2D eigenvalue weighted by Crippen LogP contribution is -2.56. The molecule has 11 heteroatoms. The van der Waals surface area contributed by atoms with Gasteiger partial charge in [-0.15, -0.1) is 11.8 Å². The first-order valence-corrected chi connectivity index (χ1v) is 12.6. The third kappa shape index (κ3) is 4.09. The number of amides is 2. The van der Waals surface area contributed by atoms with Gasteiger partial charge in [0.2, 0.25) is 5.91 Å². The van der Waals surface area contributed by atoms with Gasteiger partial charge in [-0.3, -0.25) is 14.5 Å². The molecule has 0 radical (unpaired) electrons. The number of aliphatic imine (C=N–C) groups is 1. The topological polar surface area (TPSA) is 56.2 Å². The lowest BCUT2D eigenvalue weighted by molar-refractivity contribution is -0.130. The molecule has 3 heterocycles. The molecule has 35 heavy (non-hydrogen) atoms. The van der Waals surface area contributed by atoms with Gasteiger partial charge >= 0.3 is 0 Å². The SMILES string of the molecule is C=C(F)C(=O)N1CCN(C2=NCN3C(=O)CSc4c(-c5ccc(Cl)c(F)c5)c(Cl)cc2c43)[C@@H](C)C1. The number of amidine groups is 1. The summed E-state index contributed by atoms with van der Waals surface area (Å²) in [5.74, 6) is -1.46. The van der Waals surface area contributed by atoms with Gasteiger partial charge < -0.3 is 9.80 Å². The third-order valence-corrected chi connectivity index (χ3v) is 8.03. The monoisotopic (exact) mass is 536 g/mol. The second-order valence-electron chi connectivity index (χ2n) is 8.52. The first kappa shape index (κ1) is 24.1. The number of halogens is 4. The summed E-state index contributed by atoms with van der Waals surface area (Å²) in [7, 11) is 0. The third-order valence-electron chi connectivity index (χ3n) is 6.35. The summed E-state index contributed by atoms with van der Waals surface area (Å²) in [6, 6.07) is 6.10. The van der Waals surface area contributed by atoms with Gasteiger partial charge in [-0.05, 0) is 30.7 Å². The maximum atomic E-state index is 14.3. The van der Waals surface area contributed by atoms with Crippen molar-refractivity contribution in [1.29, 1.82) is 0 Å². The Kier molecular flexibility index (Phi) is 6.27. The van der Waals surface area contributed by atoms with Gasteiger partial charge in [-0.2, -0.15) is 0 Å². The van der Waals surface area contributed by atoms with Crippen LogP contribution in [0.1, 0.15) is 12.5 Å². The van der Waals surface area contributed by atoms with E-state index in [-0.39, 0.29) is 29.4 Å². The van der Waals surface area contributed by atoms with E-state index in [1.54, 1.807) is 17.0 Å². The molecule has 2 aromatic carbocycles. The van der Waals surface area contributed by atoms with Gasteiger partial charge in [0.25, 0.3) is 5.91 Å². The molecule has 0 N–H and O–H groups in total. The zero-order valence-corrected chi connectivity index (χ0v) is 21.0. The van der Waals surface area contributed by atoms with Gasteiger partial charge in [-0.25, -0.2) is 13.8 Å². The summed E-state index contributed by atoms with van der Waals surface area (Å²) in [6.45, 7) is 6.20. The molecule has 0 aromatic heterocycles. The molecule has 0 spiro atoms. The molecular weight excluding hydrogens is 517 g/mol. The lowest BCUT2D eigenvalue weighted by atomic mass is 9.98. The van der Waals surface area contributed by atoms with E-state index in [2.05, 4.69) is 6.58 Å². The molecule has 0 saturated carbocycles. The van der Waals surface area contributed by atoms with E-state index in [9.17, 15) is 18.4 Å². The average molecular weight is 537 g/mol. The molecule has 0 aliphatic carbocycles. The maximum absolute atomic E-state index is 14.3. The standard InChI is InChI=1S/C24H20Cl2F2N4O2S/c1-12-9-30(24(34)13(2)27)5-6-31(12)23-15-8-17(26)20(14-3-4-16(25)18(28)7-14)22-21(15)32(11-29-23)19(33)10-35-22/h3-4,7-8,12H,2,5-6,9-11H2,1H3/t12-/m0/s1. The summed E-state index contributed by atoms with van der Waals surface area (Å²) >= 11 is 14.0. The van der Waals surface area contributed by atoms with Crippen LogP contribution in [-0.4, -0.2) is 65.5 Å². The summed E-state index contributed by atoms with van der Waals surface area (Å²) in [5, 5.41) is 0.408. The summed E-state index contributed by atoms with van der Waals surface area (Å²) in [5.41, 5.74) is 2.58. The summed E-state index contributed by atoms with van der Waals surface area (Å²) in [6.07, 6.45) is 0. The number of hydrogen-bond donors (Lipinski definition) is 0. The molecule has 1 fully saturated rings. The van der Waals surface area contributed by atoms with Gasteiger partial charge in [0.15, 0.2) is 5.83 Å². The van der Waals surface area contributed by atoms with E-state index in [0.29, 0.717) is 52.9 Å². The van der Waals surface area contributed by atoms with Crippen molar-refractivity contribution in [2.75, 3.05) is 37.0 Å². The zero-order chi connectivity index (χ0) is 25.0. The van der Waals surface area contributed by atoms with Crippen LogP contribution >= 0.6 is 35.0 Å². The number of hydrogen-bond acceptors (Lipinski definition) is 5. The van der Waals surface area contributed by atoms with Crippen molar-refractivity contribution in [1.82, 2.24) is 9.80 Å². The number of thioether (sulfide) groups is 1. The molecule has 6 nitrogen and oxygen atoms in total. The summed E-state index contributed by atoms with van der Waals surface area (Å²) in [4.78, 5) is 35.4. The number of benzene rings is 2. The Balaban J connectivity index is 1.58. The smallest absolute Gasteiger partial charge is 0.282 e. The Hall–Kier alpha value is -2.62. The second-order valence-corrected chi connectivity index (χ2v) is 10.3. The van der Waals surface area contributed by atoms with E-state index in [1.807, 2.05) is 11.8 Å². The summed E-state index contributed by atoms with van der Waals surface area (Å²) < 4.78 is 27.7. The maximum Gasteiger partial charge on any atom is 0.282 e.